The van der Waals surface area contributed by atoms with E-state index >= 15 is 0 Å². The van der Waals surface area contributed by atoms with Crippen LogP contribution in [0.15, 0.2) is 20.0 Å². The number of carboxylic acid groups (broad SMARTS) is 1. The van der Waals surface area contributed by atoms with E-state index in [2.05, 4.69) is 25.0 Å². The second-order valence-electron chi connectivity index (χ2n) is 6.31. The lowest BCUT2D eigenvalue weighted by Gasteiger charge is -2.49. The first-order valence-corrected chi connectivity index (χ1v) is 12.4. The molecule has 2 aliphatic heterocycles. The number of fused-ring (bicyclic) bond motifs is 1. The van der Waals surface area contributed by atoms with Crippen molar-refractivity contribution in [1.82, 2.24) is 24.8 Å². The molecule has 2 aromatic rings. The fourth-order valence-electron chi connectivity index (χ4n) is 2.97. The van der Waals surface area contributed by atoms with Crippen molar-refractivity contribution in [2.45, 2.75) is 22.5 Å². The lowest BCUT2D eigenvalue weighted by molar-refractivity contribution is -0.150. The van der Waals surface area contributed by atoms with Gasteiger partial charge in [-0.05, 0) is 18.5 Å². The number of anilines is 1. The molecule has 2 atom stereocenters. The Kier molecular flexibility index (Phi) is 6.30. The van der Waals surface area contributed by atoms with Gasteiger partial charge in [0.25, 0.3) is 11.8 Å². The average Bonchev–Trinajstić information content (AvgIpc) is 3.30. The first-order chi connectivity index (χ1) is 15.2. The van der Waals surface area contributed by atoms with Crippen molar-refractivity contribution in [2.75, 3.05) is 11.5 Å². The van der Waals surface area contributed by atoms with E-state index in [0.29, 0.717) is 16.4 Å². The van der Waals surface area contributed by atoms with Crippen LogP contribution in [0, 0.1) is 6.92 Å². The van der Waals surface area contributed by atoms with Crippen molar-refractivity contribution in [3.8, 4) is 0 Å². The number of nitrogens with one attached hydrogen (secondary N) is 1. The monoisotopic (exact) mass is 533 g/mol. The van der Waals surface area contributed by atoms with Gasteiger partial charge in [0.1, 0.15) is 31.4 Å². The van der Waals surface area contributed by atoms with E-state index in [1.165, 1.54) is 23.5 Å². The normalized spacial score (nSPS) is 20.8. The number of rotatable bonds is 6. The van der Waals surface area contributed by atoms with Gasteiger partial charge in [0.15, 0.2) is 10.8 Å². The molecule has 17 heteroatoms. The maximum absolute atomic E-state index is 12.8. The first-order valence-electron chi connectivity index (χ1n) is 8.56. The fourth-order valence-corrected chi connectivity index (χ4v) is 7.19. The summed E-state index contributed by atoms with van der Waals surface area (Å²) in [4.78, 5) is 42.8. The number of oxime groups is 1. The van der Waals surface area contributed by atoms with E-state index in [1.54, 1.807) is 6.92 Å². The minimum Gasteiger partial charge on any atom is -0.477 e. The van der Waals surface area contributed by atoms with E-state index < -0.39 is 34.9 Å². The summed E-state index contributed by atoms with van der Waals surface area (Å²) >= 11 is 10.5. The van der Waals surface area contributed by atoms with E-state index in [4.69, 9.17) is 17.3 Å². The van der Waals surface area contributed by atoms with Gasteiger partial charge < -0.3 is 21.4 Å². The van der Waals surface area contributed by atoms with Crippen molar-refractivity contribution in [3.05, 3.63) is 26.3 Å². The van der Waals surface area contributed by atoms with Crippen LogP contribution in [0.2, 0.25) is 4.34 Å². The van der Waals surface area contributed by atoms with Gasteiger partial charge in [0.05, 0.1) is 5.69 Å². The average molecular weight is 534 g/mol. The lowest BCUT2D eigenvalue weighted by Crippen LogP contribution is -2.71. The molecule has 4 heterocycles. The van der Waals surface area contributed by atoms with Crippen molar-refractivity contribution >= 4 is 86.6 Å². The Morgan fingerprint density at radius 1 is 1.44 bits per heavy atom. The van der Waals surface area contributed by atoms with E-state index in [1.807, 2.05) is 0 Å². The Bertz CT molecular complexity index is 1190. The summed E-state index contributed by atoms with van der Waals surface area (Å²) in [5.74, 6) is -2.45. The molecule has 0 radical (unpaired) electrons. The number of aromatic nitrogens is 3. The molecular weight excluding hydrogens is 522 g/mol. The number of nitrogens with zero attached hydrogens (tertiary/aromatic N) is 5. The molecule has 168 valence electrons. The third-order valence-corrected chi connectivity index (χ3v) is 9.10. The summed E-state index contributed by atoms with van der Waals surface area (Å²) < 4.78 is 4.62. The number of hydrogen-bond donors (Lipinski definition) is 4. The highest BCUT2D eigenvalue weighted by Crippen LogP contribution is 2.46. The summed E-state index contributed by atoms with van der Waals surface area (Å²) in [6.07, 6.45) is 0. The number of carboxylic acids is 1. The predicted molar refractivity (Wildman–Crippen MR) is 120 cm³/mol. The number of thiazole rings is 1. The number of amides is 2. The second-order valence-corrected chi connectivity index (χ2v) is 11.2. The Morgan fingerprint density at radius 2 is 2.19 bits per heavy atom. The van der Waals surface area contributed by atoms with E-state index in [0.717, 1.165) is 32.0 Å². The SMILES string of the molecule is Cc1nnsc1SC1=C(C(=O)O)N2C(=O)[C@@H](NC(=O)/C(=N\O)c3nc(N)sc3Cl)[C@H]2SC1. The Hall–Kier alpha value is -2.40. The van der Waals surface area contributed by atoms with Gasteiger partial charge in [-0.25, -0.2) is 9.78 Å². The van der Waals surface area contributed by atoms with E-state index in [9.17, 15) is 24.7 Å². The molecule has 0 spiro atoms. The van der Waals surface area contributed by atoms with Crippen LogP contribution < -0.4 is 11.1 Å². The molecule has 1 saturated heterocycles. The highest BCUT2D eigenvalue weighted by molar-refractivity contribution is 8.07. The molecule has 4 rings (SSSR count). The minimum absolute atomic E-state index is 0.0460. The zero-order valence-electron chi connectivity index (χ0n) is 15.8. The molecule has 32 heavy (non-hydrogen) atoms. The summed E-state index contributed by atoms with van der Waals surface area (Å²) in [5.41, 5.74) is 5.45. The van der Waals surface area contributed by atoms with Gasteiger partial charge in [0, 0.05) is 10.7 Å². The zero-order valence-corrected chi connectivity index (χ0v) is 19.8. The standard InChI is InChI=1S/C15H12ClN7O5S4/c1-3-14(32-22-20-3)30-4-2-29-12-7(11(25)23(12)8(4)13(26)27)18-10(24)6(21-28)5-9(16)31-15(17)19-5/h7,12,28H,2H2,1H3,(H2,17,19)(H,18,24)(H,26,27)/b21-6-/t7-,12-/m1/s1. The molecular formula is C15H12ClN7O5S4. The molecule has 1 fully saturated rings. The van der Waals surface area contributed by atoms with Crippen LogP contribution in [0.1, 0.15) is 11.4 Å². The molecule has 0 aliphatic carbocycles. The van der Waals surface area contributed by atoms with Gasteiger partial charge in [-0.3, -0.25) is 14.5 Å². The lowest BCUT2D eigenvalue weighted by atomic mass is 10.0. The highest BCUT2D eigenvalue weighted by atomic mass is 35.5. The molecule has 0 aromatic carbocycles. The number of hydrogen-bond acceptors (Lipinski definition) is 13. The number of nitrogen functional groups attached to an aromatic ring is 1. The Labute approximate surface area is 201 Å². The quantitative estimate of drug-likeness (QED) is 0.181. The van der Waals surface area contributed by atoms with Gasteiger partial charge in [-0.2, -0.15) is 0 Å². The van der Waals surface area contributed by atoms with Crippen LogP contribution in [-0.2, 0) is 14.4 Å². The number of carbonyl (C=O) groups excluding carboxylic acids is 2. The highest BCUT2D eigenvalue weighted by Gasteiger charge is 2.54. The molecule has 0 unspecified atom stereocenters. The Balaban J connectivity index is 1.54. The molecule has 2 amide bonds. The third kappa shape index (κ3) is 3.92. The second kappa shape index (κ2) is 8.86. The summed E-state index contributed by atoms with van der Waals surface area (Å²) in [6, 6.07) is -1.02. The van der Waals surface area contributed by atoms with Gasteiger partial charge in [0.2, 0.25) is 0 Å². The van der Waals surface area contributed by atoms with Crippen molar-refractivity contribution in [3.63, 3.8) is 0 Å². The van der Waals surface area contributed by atoms with Crippen LogP contribution >= 0.6 is 58.0 Å². The van der Waals surface area contributed by atoms with Crippen molar-refractivity contribution in [2.24, 2.45) is 5.16 Å². The summed E-state index contributed by atoms with van der Waals surface area (Å²) in [7, 11) is 0. The summed E-state index contributed by atoms with van der Waals surface area (Å²) in [5, 5.41) is 27.8. The maximum Gasteiger partial charge on any atom is 0.353 e. The number of carbonyl (C=O) groups is 3. The Morgan fingerprint density at radius 3 is 2.75 bits per heavy atom. The molecule has 5 N–H and O–H groups in total. The van der Waals surface area contributed by atoms with Crippen molar-refractivity contribution < 1.29 is 24.7 Å². The number of aliphatic carboxylic acids is 1. The van der Waals surface area contributed by atoms with Gasteiger partial charge in [-0.15, -0.1) is 16.9 Å². The summed E-state index contributed by atoms with van der Waals surface area (Å²) in [6.45, 7) is 1.76. The maximum atomic E-state index is 12.8. The van der Waals surface area contributed by atoms with Gasteiger partial charge >= 0.3 is 5.97 Å². The smallest absolute Gasteiger partial charge is 0.353 e. The molecule has 12 nitrogen and oxygen atoms in total. The number of halogens is 1. The van der Waals surface area contributed by atoms with Crippen LogP contribution in [0.4, 0.5) is 5.13 Å². The number of nitrogens with two attached hydrogens (primary N) is 1. The zero-order chi connectivity index (χ0) is 23.2. The fraction of sp³-hybridized carbons (Fsp3) is 0.267. The van der Waals surface area contributed by atoms with Crippen molar-refractivity contribution in [1.29, 1.82) is 0 Å². The molecule has 0 saturated carbocycles. The van der Waals surface area contributed by atoms with Crippen LogP contribution in [0.5, 0.6) is 0 Å². The van der Waals surface area contributed by atoms with Crippen LogP contribution in [0.3, 0.4) is 0 Å². The number of thioether (sulfide) groups is 2. The molecule has 2 aliphatic rings. The van der Waals surface area contributed by atoms with Gasteiger partial charge in [-0.1, -0.05) is 44.3 Å². The number of β-lactam (4-membered cyclic amide) rings is 1. The minimum atomic E-state index is -1.26. The molecule has 0 bridgehead atoms. The van der Waals surface area contributed by atoms with E-state index in [-0.39, 0.29) is 20.9 Å². The number of aryl methyl sites for hydroxylation is 1. The van der Waals surface area contributed by atoms with Crippen LogP contribution in [0.25, 0.3) is 0 Å². The third-order valence-electron chi connectivity index (χ3n) is 4.39. The first kappa shape index (κ1) is 22.8. The molecule has 2 aromatic heterocycles. The predicted octanol–water partition coefficient (Wildman–Crippen LogP) is 1.21. The van der Waals surface area contributed by atoms with Crippen LogP contribution in [-0.4, -0.2) is 70.4 Å². The largest absolute Gasteiger partial charge is 0.477 e. The topological polar surface area (TPSA) is 184 Å².